The van der Waals surface area contributed by atoms with E-state index in [0.29, 0.717) is 50.4 Å². The second-order valence-electron chi connectivity index (χ2n) is 8.75. The Balaban J connectivity index is 1.61. The van der Waals surface area contributed by atoms with Crippen molar-refractivity contribution in [1.29, 1.82) is 0 Å². The fraction of sp³-hybridized carbons (Fsp3) is 0.233. The van der Waals surface area contributed by atoms with E-state index >= 15 is 0 Å². The summed E-state index contributed by atoms with van der Waals surface area (Å²) >= 11 is 1.25. The van der Waals surface area contributed by atoms with Crippen LogP contribution in [0.1, 0.15) is 37.9 Å². The van der Waals surface area contributed by atoms with Crippen LogP contribution in [0.3, 0.4) is 0 Å². The molecule has 2 aromatic carbocycles. The number of ether oxygens (including phenoxy) is 4. The first-order valence-corrected chi connectivity index (χ1v) is 13.6. The number of hydrogen-bond acceptors (Lipinski definition) is 9. The molecule has 40 heavy (non-hydrogen) atoms. The van der Waals surface area contributed by atoms with Crippen molar-refractivity contribution in [3.63, 3.8) is 0 Å². The Morgan fingerprint density at radius 2 is 1.90 bits per heavy atom. The number of fused-ring (bicyclic) bond motifs is 1. The average molecular weight is 561 g/mol. The fourth-order valence-electron chi connectivity index (χ4n) is 4.44. The Morgan fingerprint density at radius 1 is 1.10 bits per heavy atom. The van der Waals surface area contributed by atoms with Gasteiger partial charge in [0.2, 0.25) is 0 Å². The van der Waals surface area contributed by atoms with Crippen molar-refractivity contribution >= 4 is 23.4 Å². The Hall–Kier alpha value is -4.57. The molecule has 1 aliphatic heterocycles. The maximum atomic E-state index is 13.9. The average Bonchev–Trinajstić information content (AvgIpc) is 3.57. The molecule has 0 N–H and O–H groups in total. The summed E-state index contributed by atoms with van der Waals surface area (Å²) in [7, 11) is 1.58. The van der Waals surface area contributed by atoms with Crippen molar-refractivity contribution in [2.45, 2.75) is 26.8 Å². The van der Waals surface area contributed by atoms with E-state index in [1.807, 2.05) is 25.1 Å². The Morgan fingerprint density at radius 3 is 2.58 bits per heavy atom. The van der Waals surface area contributed by atoms with Gasteiger partial charge in [-0.15, -0.1) is 0 Å². The molecule has 0 amide bonds. The maximum Gasteiger partial charge on any atom is 0.338 e. The largest absolute Gasteiger partial charge is 0.497 e. The van der Waals surface area contributed by atoms with Crippen LogP contribution in [0.2, 0.25) is 0 Å². The molecule has 0 saturated carbocycles. The number of carbonyl (C=O) groups excluding carboxylic acids is 1. The van der Waals surface area contributed by atoms with Gasteiger partial charge in [0.25, 0.3) is 11.5 Å². The van der Waals surface area contributed by atoms with Crippen molar-refractivity contribution in [1.82, 2.24) is 4.57 Å². The van der Waals surface area contributed by atoms with E-state index in [2.05, 4.69) is 4.99 Å². The molecule has 1 atom stereocenters. The zero-order valence-electron chi connectivity index (χ0n) is 22.5. The van der Waals surface area contributed by atoms with Crippen LogP contribution < -0.4 is 29.1 Å². The number of esters is 1. The molecule has 0 saturated heterocycles. The maximum absolute atomic E-state index is 13.9. The topological polar surface area (TPSA) is 101 Å². The van der Waals surface area contributed by atoms with Gasteiger partial charge in [-0.3, -0.25) is 9.36 Å². The van der Waals surface area contributed by atoms with Crippen LogP contribution >= 0.6 is 11.3 Å². The van der Waals surface area contributed by atoms with Crippen molar-refractivity contribution in [2.75, 3.05) is 20.3 Å². The van der Waals surface area contributed by atoms with Gasteiger partial charge in [0.05, 0.1) is 48.4 Å². The van der Waals surface area contributed by atoms with Crippen LogP contribution in [0, 0.1) is 0 Å². The molecule has 1 unspecified atom stereocenters. The zero-order valence-corrected chi connectivity index (χ0v) is 23.3. The number of hydrogen-bond donors (Lipinski definition) is 0. The van der Waals surface area contributed by atoms with Gasteiger partial charge in [-0.25, -0.2) is 9.79 Å². The molecule has 3 heterocycles. The highest BCUT2D eigenvalue weighted by Gasteiger charge is 2.33. The summed E-state index contributed by atoms with van der Waals surface area (Å²) in [6.07, 6.45) is 3.30. The molecular formula is C30H28N2O7S. The molecule has 1 aliphatic rings. The lowest BCUT2D eigenvalue weighted by Gasteiger charge is -2.24. The van der Waals surface area contributed by atoms with E-state index in [4.69, 9.17) is 23.4 Å². The van der Waals surface area contributed by atoms with Crippen LogP contribution in [-0.2, 0) is 9.53 Å². The van der Waals surface area contributed by atoms with Gasteiger partial charge in [0.1, 0.15) is 5.75 Å². The van der Waals surface area contributed by atoms with E-state index in [0.717, 1.165) is 11.1 Å². The van der Waals surface area contributed by atoms with Gasteiger partial charge in [-0.05, 0) is 68.3 Å². The van der Waals surface area contributed by atoms with Crippen LogP contribution in [0.4, 0.5) is 0 Å². The molecular weight excluding hydrogens is 532 g/mol. The minimum absolute atomic E-state index is 0.206. The second kappa shape index (κ2) is 11.7. The van der Waals surface area contributed by atoms with Gasteiger partial charge < -0.3 is 23.4 Å². The second-order valence-corrected chi connectivity index (χ2v) is 9.76. The summed E-state index contributed by atoms with van der Waals surface area (Å²) in [6.45, 7) is 6.01. The van der Waals surface area contributed by atoms with E-state index in [1.165, 1.54) is 17.6 Å². The Labute approximate surface area is 234 Å². The predicted molar refractivity (Wildman–Crippen MR) is 150 cm³/mol. The van der Waals surface area contributed by atoms with Gasteiger partial charge in [0.15, 0.2) is 16.3 Å². The van der Waals surface area contributed by atoms with Crippen molar-refractivity contribution in [3.05, 3.63) is 103 Å². The molecule has 0 fully saturated rings. The van der Waals surface area contributed by atoms with E-state index < -0.39 is 12.0 Å². The summed E-state index contributed by atoms with van der Waals surface area (Å²) in [5.74, 6) is 1.50. The number of benzene rings is 2. The lowest BCUT2D eigenvalue weighted by Crippen LogP contribution is -2.39. The normalized spacial score (nSPS) is 14.9. The number of thiazole rings is 1. The van der Waals surface area contributed by atoms with Crippen LogP contribution in [0.15, 0.2) is 86.3 Å². The fourth-order valence-corrected chi connectivity index (χ4v) is 5.49. The minimum Gasteiger partial charge on any atom is -0.497 e. The first-order chi connectivity index (χ1) is 19.4. The molecule has 5 rings (SSSR count). The van der Waals surface area contributed by atoms with E-state index in [1.54, 1.807) is 68.0 Å². The number of methoxy groups -OCH3 is 1. The molecule has 9 nitrogen and oxygen atoms in total. The predicted octanol–water partition coefficient (Wildman–Crippen LogP) is 4.59. The summed E-state index contributed by atoms with van der Waals surface area (Å²) in [5, 5.41) is 0. The monoisotopic (exact) mass is 560 g/mol. The van der Waals surface area contributed by atoms with E-state index in [-0.39, 0.29) is 12.2 Å². The van der Waals surface area contributed by atoms with Gasteiger partial charge in [0, 0.05) is 6.07 Å². The molecule has 0 spiro atoms. The van der Waals surface area contributed by atoms with Crippen LogP contribution in [0.5, 0.6) is 23.2 Å². The number of aromatic nitrogens is 1. The zero-order chi connectivity index (χ0) is 28.2. The van der Waals surface area contributed by atoms with Crippen molar-refractivity contribution in [3.8, 4) is 23.2 Å². The first-order valence-electron chi connectivity index (χ1n) is 12.7. The highest BCUT2D eigenvalue weighted by atomic mass is 32.1. The molecule has 0 aliphatic carbocycles. The minimum atomic E-state index is -0.702. The Bertz CT molecular complexity index is 1730. The van der Waals surface area contributed by atoms with Gasteiger partial charge in [-0.2, -0.15) is 0 Å². The SMILES string of the molecule is CCOC(=O)C1=C(C)N=c2sc(=Cc3ccc(Oc4ccco4)c(OCC)c3)c(=O)n2C1c1ccc(OC)cc1. The summed E-state index contributed by atoms with van der Waals surface area (Å²) < 4.78 is 29.5. The summed E-state index contributed by atoms with van der Waals surface area (Å²) in [4.78, 5) is 32.0. The molecule has 4 aromatic rings. The van der Waals surface area contributed by atoms with Gasteiger partial charge >= 0.3 is 5.97 Å². The number of carbonyl (C=O) groups is 1. The highest BCUT2D eigenvalue weighted by molar-refractivity contribution is 7.07. The molecule has 2 aromatic heterocycles. The van der Waals surface area contributed by atoms with E-state index in [9.17, 15) is 9.59 Å². The highest BCUT2D eigenvalue weighted by Crippen LogP contribution is 2.34. The molecule has 206 valence electrons. The number of allylic oxidation sites excluding steroid dienone is 1. The number of nitrogens with zero attached hydrogens (tertiary/aromatic N) is 2. The lowest BCUT2D eigenvalue weighted by atomic mass is 9.96. The van der Waals surface area contributed by atoms with Crippen molar-refractivity contribution in [2.24, 2.45) is 4.99 Å². The molecule has 0 bridgehead atoms. The van der Waals surface area contributed by atoms with Crippen LogP contribution in [0.25, 0.3) is 6.08 Å². The number of rotatable bonds is 9. The lowest BCUT2D eigenvalue weighted by molar-refractivity contribution is -0.139. The standard InChI is InChI=1S/C30H28N2O7S/c1-5-36-23-16-19(9-14-22(23)39-25-8-7-15-38-25)17-24-28(33)32-27(20-10-12-21(35-4)13-11-20)26(29(34)37-6-2)18(3)31-30(32)40-24/h7-17,27H,5-6H2,1-4H3. The molecule has 0 radical (unpaired) electrons. The molecule has 10 heteroatoms. The third-order valence-corrected chi connectivity index (χ3v) is 7.20. The van der Waals surface area contributed by atoms with Crippen LogP contribution in [-0.4, -0.2) is 30.9 Å². The van der Waals surface area contributed by atoms with Gasteiger partial charge in [-0.1, -0.05) is 29.5 Å². The quantitative estimate of drug-likeness (QED) is 0.276. The summed E-state index contributed by atoms with van der Waals surface area (Å²) in [5.41, 5.74) is 2.04. The first kappa shape index (κ1) is 27.0. The number of furan rings is 1. The van der Waals surface area contributed by atoms with Crippen molar-refractivity contribution < 1.29 is 28.2 Å². The third-order valence-electron chi connectivity index (χ3n) is 6.22. The Kier molecular flexibility index (Phi) is 7.88. The smallest absolute Gasteiger partial charge is 0.338 e. The summed E-state index contributed by atoms with van der Waals surface area (Å²) in [6, 6.07) is 15.4. The third kappa shape index (κ3) is 5.30.